The van der Waals surface area contributed by atoms with Crippen LogP contribution < -0.4 is 5.32 Å². The van der Waals surface area contributed by atoms with Gasteiger partial charge in [0.2, 0.25) is 0 Å². The van der Waals surface area contributed by atoms with Crippen LogP contribution in [0.25, 0.3) is 0 Å². The van der Waals surface area contributed by atoms with Crippen molar-refractivity contribution < 1.29 is 10.2 Å². The lowest BCUT2D eigenvalue weighted by molar-refractivity contribution is -0.162. The smallest absolute Gasteiger partial charge is 0.120 e. The van der Waals surface area contributed by atoms with Crippen molar-refractivity contribution >= 4 is 24.0 Å². The molecular formula is C12H17Cl2NO2. The summed E-state index contributed by atoms with van der Waals surface area (Å²) in [4.78, 5) is 0. The molecule has 3 nitrogen and oxygen atoms in total. The molecule has 3 N–H and O–H groups in total. The summed E-state index contributed by atoms with van der Waals surface area (Å²) in [6.45, 7) is 2.72. The van der Waals surface area contributed by atoms with Crippen molar-refractivity contribution in [3.8, 4) is 0 Å². The molecule has 0 amide bonds. The number of β-amino-alcohol motifs (C(OH)–C–C–N with tert-alkyl or cyclic N) is 1. The fourth-order valence-corrected chi connectivity index (χ4v) is 2.32. The highest BCUT2D eigenvalue weighted by atomic mass is 35.5. The van der Waals surface area contributed by atoms with Gasteiger partial charge < -0.3 is 15.5 Å². The summed E-state index contributed by atoms with van der Waals surface area (Å²) >= 11 is 5.81. The normalized spacial score (nSPS) is 32.9. The molecule has 5 heteroatoms. The zero-order valence-electron chi connectivity index (χ0n) is 9.61. The highest BCUT2D eigenvalue weighted by Crippen LogP contribution is 2.38. The zero-order chi connectivity index (χ0) is 11.8. The van der Waals surface area contributed by atoms with E-state index < -0.39 is 11.2 Å². The summed E-state index contributed by atoms with van der Waals surface area (Å²) in [7, 11) is 0. The van der Waals surface area contributed by atoms with E-state index in [1.54, 1.807) is 31.2 Å². The number of hydrogen-bond donors (Lipinski definition) is 3. The van der Waals surface area contributed by atoms with E-state index in [-0.39, 0.29) is 12.4 Å². The Kier molecular flexibility index (Phi) is 4.44. The lowest BCUT2D eigenvalue weighted by Crippen LogP contribution is -2.60. The largest absolute Gasteiger partial charge is 0.385 e. The molecule has 2 rings (SSSR count). The molecule has 1 aromatic carbocycles. The van der Waals surface area contributed by atoms with Gasteiger partial charge in [-0.05, 0) is 37.6 Å². The molecule has 0 saturated carbocycles. The number of aliphatic hydroxyl groups is 2. The van der Waals surface area contributed by atoms with E-state index in [1.165, 1.54) is 0 Å². The average Bonchev–Trinajstić information content (AvgIpc) is 2.23. The molecule has 17 heavy (non-hydrogen) atoms. The van der Waals surface area contributed by atoms with E-state index in [0.29, 0.717) is 30.1 Å². The molecule has 1 fully saturated rings. The second-order valence-corrected chi connectivity index (χ2v) is 5.00. The third kappa shape index (κ3) is 2.59. The maximum atomic E-state index is 10.6. The van der Waals surface area contributed by atoms with E-state index in [0.717, 1.165) is 0 Å². The van der Waals surface area contributed by atoms with Crippen LogP contribution >= 0.6 is 24.0 Å². The van der Waals surface area contributed by atoms with E-state index in [4.69, 9.17) is 11.6 Å². The maximum absolute atomic E-state index is 10.6. The van der Waals surface area contributed by atoms with Gasteiger partial charge in [-0.1, -0.05) is 23.7 Å². The highest BCUT2D eigenvalue weighted by molar-refractivity contribution is 6.30. The molecule has 0 unspecified atom stereocenters. The van der Waals surface area contributed by atoms with Crippen LogP contribution in [0.2, 0.25) is 5.02 Å². The fourth-order valence-electron chi connectivity index (χ4n) is 2.20. The van der Waals surface area contributed by atoms with Crippen LogP contribution in [0.3, 0.4) is 0 Å². The summed E-state index contributed by atoms with van der Waals surface area (Å²) in [5.41, 5.74) is -1.66. The zero-order valence-corrected chi connectivity index (χ0v) is 11.2. The van der Waals surface area contributed by atoms with Crippen molar-refractivity contribution in [1.29, 1.82) is 0 Å². The number of rotatable bonds is 1. The molecule has 2 atom stereocenters. The fraction of sp³-hybridized carbons (Fsp3) is 0.500. The number of hydrogen-bond acceptors (Lipinski definition) is 3. The minimum atomic E-state index is -1.21. The average molecular weight is 278 g/mol. The Balaban J connectivity index is 0.00000144. The summed E-state index contributed by atoms with van der Waals surface area (Å²) in [5.74, 6) is 0. The summed E-state index contributed by atoms with van der Waals surface area (Å²) in [5, 5.41) is 24.6. The number of piperidine rings is 1. The van der Waals surface area contributed by atoms with Crippen LogP contribution in [0.15, 0.2) is 24.3 Å². The molecule has 96 valence electrons. The third-order valence-electron chi connectivity index (χ3n) is 3.35. The van der Waals surface area contributed by atoms with Crippen molar-refractivity contribution in [1.82, 2.24) is 5.32 Å². The van der Waals surface area contributed by atoms with Crippen molar-refractivity contribution in [2.45, 2.75) is 24.5 Å². The van der Waals surface area contributed by atoms with Crippen LogP contribution in [0, 0.1) is 0 Å². The second kappa shape index (κ2) is 5.12. The minimum Gasteiger partial charge on any atom is -0.385 e. The molecule has 0 aromatic heterocycles. The molecule has 1 aliphatic heterocycles. The number of halogens is 2. The summed E-state index contributed by atoms with van der Waals surface area (Å²) in [6, 6.07) is 6.99. The quantitative estimate of drug-likeness (QED) is 0.733. The van der Waals surface area contributed by atoms with Gasteiger partial charge >= 0.3 is 0 Å². The van der Waals surface area contributed by atoms with Gasteiger partial charge in [0, 0.05) is 11.6 Å². The van der Waals surface area contributed by atoms with Gasteiger partial charge in [0.25, 0.3) is 0 Å². The lowest BCUT2D eigenvalue weighted by atomic mass is 9.74. The highest BCUT2D eigenvalue weighted by Gasteiger charge is 2.48. The Morgan fingerprint density at radius 3 is 2.35 bits per heavy atom. The topological polar surface area (TPSA) is 52.5 Å². The Bertz CT molecular complexity index is 381. The first-order valence-corrected chi connectivity index (χ1v) is 5.75. The van der Waals surface area contributed by atoms with Crippen LogP contribution in [-0.4, -0.2) is 28.9 Å². The summed E-state index contributed by atoms with van der Waals surface area (Å²) < 4.78 is 0. The van der Waals surface area contributed by atoms with Gasteiger partial charge in [-0.25, -0.2) is 0 Å². The first-order chi connectivity index (χ1) is 7.46. The van der Waals surface area contributed by atoms with Crippen LogP contribution in [0.1, 0.15) is 18.9 Å². The van der Waals surface area contributed by atoms with Crippen molar-refractivity contribution in [3.05, 3.63) is 34.9 Å². The molecule has 0 spiro atoms. The van der Waals surface area contributed by atoms with Gasteiger partial charge in [0.05, 0.1) is 0 Å². The Hall–Kier alpha value is -0.320. The van der Waals surface area contributed by atoms with Gasteiger partial charge in [-0.3, -0.25) is 0 Å². The van der Waals surface area contributed by atoms with Gasteiger partial charge in [-0.2, -0.15) is 0 Å². The Labute approximate surface area is 112 Å². The molecule has 1 aliphatic rings. The van der Waals surface area contributed by atoms with Crippen LogP contribution in [-0.2, 0) is 5.60 Å². The van der Waals surface area contributed by atoms with Gasteiger partial charge in [-0.15, -0.1) is 12.4 Å². The second-order valence-electron chi connectivity index (χ2n) is 4.57. The molecule has 1 aromatic rings. The van der Waals surface area contributed by atoms with Crippen molar-refractivity contribution in [2.75, 3.05) is 13.1 Å². The molecule has 0 bridgehead atoms. The predicted octanol–water partition coefficient (Wildman–Crippen LogP) is 1.69. The Morgan fingerprint density at radius 1 is 1.24 bits per heavy atom. The minimum absolute atomic E-state index is 0. The monoisotopic (exact) mass is 277 g/mol. The molecule has 1 saturated heterocycles. The SMILES string of the molecule is C[C@]1(O)CNCC[C@]1(O)c1ccc(Cl)cc1.Cl. The third-order valence-corrected chi connectivity index (χ3v) is 3.60. The van der Waals surface area contributed by atoms with E-state index >= 15 is 0 Å². The van der Waals surface area contributed by atoms with Crippen LogP contribution in [0.4, 0.5) is 0 Å². The summed E-state index contributed by atoms with van der Waals surface area (Å²) in [6.07, 6.45) is 0.488. The molecule has 0 aliphatic carbocycles. The van der Waals surface area contributed by atoms with Crippen molar-refractivity contribution in [3.63, 3.8) is 0 Å². The van der Waals surface area contributed by atoms with E-state index in [9.17, 15) is 10.2 Å². The first kappa shape index (κ1) is 14.7. The van der Waals surface area contributed by atoms with Gasteiger partial charge in [0.1, 0.15) is 11.2 Å². The van der Waals surface area contributed by atoms with E-state index in [2.05, 4.69) is 5.32 Å². The van der Waals surface area contributed by atoms with Gasteiger partial charge in [0.15, 0.2) is 0 Å². The van der Waals surface area contributed by atoms with Crippen LogP contribution in [0.5, 0.6) is 0 Å². The predicted molar refractivity (Wildman–Crippen MR) is 70.7 cm³/mol. The number of nitrogens with one attached hydrogen (secondary N) is 1. The standard InChI is InChI=1S/C12H16ClNO2.ClH/c1-11(15)8-14-7-6-12(11,16)9-2-4-10(13)5-3-9;/h2-5,14-16H,6-8H2,1H3;1H/t11-,12-;/m0./s1. The Morgan fingerprint density at radius 2 is 1.82 bits per heavy atom. The van der Waals surface area contributed by atoms with E-state index in [1.807, 2.05) is 0 Å². The maximum Gasteiger partial charge on any atom is 0.120 e. The lowest BCUT2D eigenvalue weighted by Gasteiger charge is -2.45. The number of benzene rings is 1. The first-order valence-electron chi connectivity index (χ1n) is 5.37. The molecule has 0 radical (unpaired) electrons. The molecule has 1 heterocycles. The molecular weight excluding hydrogens is 261 g/mol. The van der Waals surface area contributed by atoms with Crippen molar-refractivity contribution in [2.24, 2.45) is 0 Å².